The number of alkyl halides is 2. The SMILES string of the molecule is CC[C@H](Nc1nnc(-c2ccccc2)o1)C(=O)N1CC[C@]2(C1)CC2(F)F. The van der Waals surface area contributed by atoms with E-state index >= 15 is 0 Å². The van der Waals surface area contributed by atoms with Gasteiger partial charge in [-0.05, 0) is 25.0 Å². The second-order valence-corrected chi connectivity index (χ2v) is 7.05. The quantitative estimate of drug-likeness (QED) is 0.885. The number of hydrogen-bond acceptors (Lipinski definition) is 5. The number of anilines is 1. The first-order valence-corrected chi connectivity index (χ1v) is 8.76. The molecule has 2 heterocycles. The number of halogens is 2. The van der Waals surface area contributed by atoms with Crippen LogP contribution in [0.15, 0.2) is 34.7 Å². The Morgan fingerprint density at radius 3 is 2.69 bits per heavy atom. The Morgan fingerprint density at radius 2 is 2.08 bits per heavy atom. The lowest BCUT2D eigenvalue weighted by atomic mass is 10.1. The van der Waals surface area contributed by atoms with Crippen molar-refractivity contribution in [3.05, 3.63) is 30.3 Å². The third-order valence-corrected chi connectivity index (χ3v) is 5.33. The van der Waals surface area contributed by atoms with Crippen molar-refractivity contribution in [1.29, 1.82) is 0 Å². The predicted molar refractivity (Wildman–Crippen MR) is 90.6 cm³/mol. The molecule has 1 aliphatic heterocycles. The maximum atomic E-state index is 13.5. The summed E-state index contributed by atoms with van der Waals surface area (Å²) in [5.41, 5.74) is -0.212. The number of aromatic nitrogens is 2. The summed E-state index contributed by atoms with van der Waals surface area (Å²) in [6.45, 7) is 2.34. The number of likely N-dealkylation sites (tertiary alicyclic amines) is 1. The van der Waals surface area contributed by atoms with Crippen LogP contribution >= 0.6 is 0 Å². The molecule has 4 rings (SSSR count). The molecule has 1 amide bonds. The van der Waals surface area contributed by atoms with E-state index in [1.54, 1.807) is 0 Å². The zero-order chi connectivity index (χ0) is 18.4. The topological polar surface area (TPSA) is 71.3 Å². The number of carbonyl (C=O) groups is 1. The molecule has 1 saturated heterocycles. The van der Waals surface area contributed by atoms with Crippen molar-refractivity contribution >= 4 is 11.9 Å². The van der Waals surface area contributed by atoms with Crippen molar-refractivity contribution in [2.75, 3.05) is 18.4 Å². The van der Waals surface area contributed by atoms with Crippen LogP contribution < -0.4 is 5.32 Å². The maximum absolute atomic E-state index is 13.5. The lowest BCUT2D eigenvalue weighted by Gasteiger charge is -2.22. The lowest BCUT2D eigenvalue weighted by Crippen LogP contribution is -2.42. The average Bonchev–Trinajstić information content (AvgIpc) is 3.05. The van der Waals surface area contributed by atoms with E-state index in [9.17, 15) is 13.6 Å². The second kappa shape index (κ2) is 6.03. The largest absolute Gasteiger partial charge is 0.403 e. The minimum Gasteiger partial charge on any atom is -0.403 e. The molecule has 1 spiro atoms. The third-order valence-electron chi connectivity index (χ3n) is 5.33. The Labute approximate surface area is 149 Å². The molecule has 6 nitrogen and oxygen atoms in total. The van der Waals surface area contributed by atoms with Gasteiger partial charge >= 0.3 is 6.01 Å². The van der Waals surface area contributed by atoms with Gasteiger partial charge in [0.05, 0.1) is 5.41 Å². The molecular weight excluding hydrogens is 342 g/mol. The van der Waals surface area contributed by atoms with Crippen molar-refractivity contribution in [3.8, 4) is 11.5 Å². The van der Waals surface area contributed by atoms with E-state index < -0.39 is 17.4 Å². The van der Waals surface area contributed by atoms with Gasteiger partial charge in [0.1, 0.15) is 6.04 Å². The van der Waals surface area contributed by atoms with E-state index in [1.165, 1.54) is 4.90 Å². The van der Waals surface area contributed by atoms with E-state index in [2.05, 4.69) is 15.5 Å². The Morgan fingerprint density at radius 1 is 1.35 bits per heavy atom. The zero-order valence-electron chi connectivity index (χ0n) is 14.4. The molecule has 0 radical (unpaired) electrons. The first kappa shape index (κ1) is 16.9. The summed E-state index contributed by atoms with van der Waals surface area (Å²) in [7, 11) is 0. The molecule has 0 unspecified atom stereocenters. The zero-order valence-corrected chi connectivity index (χ0v) is 14.4. The van der Waals surface area contributed by atoms with Gasteiger partial charge in [0.15, 0.2) is 0 Å². The fourth-order valence-corrected chi connectivity index (χ4v) is 3.57. The van der Waals surface area contributed by atoms with Crippen LogP contribution in [-0.2, 0) is 4.79 Å². The number of carbonyl (C=O) groups excluding carboxylic acids is 1. The molecule has 1 aromatic carbocycles. The minimum atomic E-state index is -2.63. The molecule has 1 aromatic heterocycles. The first-order valence-electron chi connectivity index (χ1n) is 8.76. The number of benzene rings is 1. The van der Waals surface area contributed by atoms with Gasteiger partial charge in [0, 0.05) is 25.1 Å². The van der Waals surface area contributed by atoms with E-state index in [4.69, 9.17) is 4.42 Å². The molecular formula is C18H20F2N4O2. The van der Waals surface area contributed by atoms with Gasteiger partial charge in [-0.15, -0.1) is 5.10 Å². The molecule has 138 valence electrons. The van der Waals surface area contributed by atoms with Gasteiger partial charge in [-0.25, -0.2) is 8.78 Å². The van der Waals surface area contributed by atoms with E-state index in [-0.39, 0.29) is 24.9 Å². The van der Waals surface area contributed by atoms with Gasteiger partial charge in [0.25, 0.3) is 5.92 Å². The molecule has 8 heteroatoms. The van der Waals surface area contributed by atoms with Crippen LogP contribution in [0.4, 0.5) is 14.8 Å². The number of nitrogens with zero attached hydrogens (tertiary/aromatic N) is 3. The lowest BCUT2D eigenvalue weighted by molar-refractivity contribution is -0.131. The normalized spacial score (nSPS) is 24.7. The number of rotatable bonds is 5. The Hall–Kier alpha value is -2.51. The molecule has 2 atom stereocenters. The van der Waals surface area contributed by atoms with E-state index in [0.29, 0.717) is 25.3 Å². The standard InChI is InChI=1S/C18H20F2N4O2/c1-2-13(15(25)24-9-8-17(11-24)10-18(17,19)20)21-16-23-22-14(26-16)12-6-4-3-5-7-12/h3-7,13H,2,8-11H2,1H3,(H,21,23)/t13-,17+/m0/s1. The smallest absolute Gasteiger partial charge is 0.316 e. The Bertz CT molecular complexity index is 811. The molecule has 1 N–H and O–H groups in total. The van der Waals surface area contributed by atoms with Crippen molar-refractivity contribution < 1.29 is 18.0 Å². The fourth-order valence-electron chi connectivity index (χ4n) is 3.57. The Kier molecular flexibility index (Phi) is 3.93. The summed E-state index contributed by atoms with van der Waals surface area (Å²) in [6, 6.07) is 8.87. The maximum Gasteiger partial charge on any atom is 0.316 e. The van der Waals surface area contributed by atoms with Crippen LogP contribution in [0.2, 0.25) is 0 Å². The predicted octanol–water partition coefficient (Wildman–Crippen LogP) is 3.18. The Balaban J connectivity index is 1.42. The van der Waals surface area contributed by atoms with Gasteiger partial charge < -0.3 is 14.6 Å². The highest BCUT2D eigenvalue weighted by Gasteiger charge is 2.73. The monoisotopic (exact) mass is 362 g/mol. The van der Waals surface area contributed by atoms with Crippen LogP contribution in [-0.4, -0.2) is 46.1 Å². The summed E-state index contributed by atoms with van der Waals surface area (Å²) in [5.74, 6) is -2.48. The van der Waals surface area contributed by atoms with Crippen LogP contribution in [0.5, 0.6) is 0 Å². The van der Waals surface area contributed by atoms with Crippen molar-refractivity contribution in [2.24, 2.45) is 5.41 Å². The number of amides is 1. The fraction of sp³-hybridized carbons (Fsp3) is 0.500. The van der Waals surface area contributed by atoms with Gasteiger partial charge in [0.2, 0.25) is 11.8 Å². The van der Waals surface area contributed by atoms with Gasteiger partial charge in [-0.1, -0.05) is 30.2 Å². The molecule has 26 heavy (non-hydrogen) atoms. The van der Waals surface area contributed by atoms with Crippen LogP contribution in [0.3, 0.4) is 0 Å². The minimum absolute atomic E-state index is 0.113. The van der Waals surface area contributed by atoms with Gasteiger partial charge in [-0.2, -0.15) is 0 Å². The summed E-state index contributed by atoms with van der Waals surface area (Å²) >= 11 is 0. The molecule has 2 aliphatic rings. The number of nitrogens with one attached hydrogen (secondary N) is 1. The first-order chi connectivity index (χ1) is 12.4. The highest BCUT2D eigenvalue weighted by atomic mass is 19.3. The van der Waals surface area contributed by atoms with E-state index in [1.807, 2.05) is 37.3 Å². The van der Waals surface area contributed by atoms with Crippen molar-refractivity contribution in [1.82, 2.24) is 15.1 Å². The highest BCUT2D eigenvalue weighted by Crippen LogP contribution is 2.65. The summed E-state index contributed by atoms with van der Waals surface area (Å²) < 4.78 is 32.6. The summed E-state index contributed by atoms with van der Waals surface area (Å²) in [6.07, 6.45) is 0.737. The summed E-state index contributed by atoms with van der Waals surface area (Å²) in [4.78, 5) is 14.2. The number of hydrogen-bond donors (Lipinski definition) is 1. The molecule has 1 saturated carbocycles. The molecule has 1 aliphatic carbocycles. The van der Waals surface area contributed by atoms with Crippen LogP contribution in [0.1, 0.15) is 26.2 Å². The third kappa shape index (κ3) is 2.83. The van der Waals surface area contributed by atoms with Crippen LogP contribution in [0.25, 0.3) is 11.5 Å². The van der Waals surface area contributed by atoms with E-state index in [0.717, 1.165) is 5.56 Å². The molecule has 0 bridgehead atoms. The second-order valence-electron chi connectivity index (χ2n) is 7.05. The van der Waals surface area contributed by atoms with Crippen LogP contribution in [0, 0.1) is 5.41 Å². The highest BCUT2D eigenvalue weighted by molar-refractivity contribution is 5.84. The molecule has 2 aromatic rings. The molecule has 2 fully saturated rings. The summed E-state index contributed by atoms with van der Waals surface area (Å²) in [5, 5.41) is 10.9. The van der Waals surface area contributed by atoms with Gasteiger partial charge in [-0.3, -0.25) is 4.79 Å². The van der Waals surface area contributed by atoms with Crippen molar-refractivity contribution in [3.63, 3.8) is 0 Å². The average molecular weight is 362 g/mol. The van der Waals surface area contributed by atoms with Crippen molar-refractivity contribution in [2.45, 2.75) is 38.2 Å².